The van der Waals surface area contributed by atoms with Crippen molar-refractivity contribution in [1.29, 1.82) is 0 Å². The number of thiazole rings is 1. The molecular weight excluding hydrogens is 302 g/mol. The standard InChI is InChI=1S/C20H19NOS/c1-11(2)14-7-8-16-15(9-14)10-17(22-16)20-21-18-12(3)5-6-13(4)19(18)23-20/h5-11H,1-4H3. The van der Waals surface area contributed by atoms with Gasteiger partial charge >= 0.3 is 0 Å². The van der Waals surface area contributed by atoms with Gasteiger partial charge in [0.25, 0.3) is 0 Å². The molecule has 4 aromatic rings. The second kappa shape index (κ2) is 5.20. The van der Waals surface area contributed by atoms with Crippen molar-refractivity contribution in [3.8, 4) is 10.8 Å². The number of nitrogens with zero attached hydrogens (tertiary/aromatic N) is 1. The monoisotopic (exact) mass is 321 g/mol. The smallest absolute Gasteiger partial charge is 0.164 e. The first-order valence-corrected chi connectivity index (χ1v) is 8.75. The Bertz CT molecular complexity index is 984. The van der Waals surface area contributed by atoms with Crippen LogP contribution >= 0.6 is 11.3 Å². The summed E-state index contributed by atoms with van der Waals surface area (Å²) in [7, 11) is 0. The molecule has 0 bridgehead atoms. The average Bonchev–Trinajstić information content (AvgIpc) is 3.14. The normalized spacial score (nSPS) is 11.9. The lowest BCUT2D eigenvalue weighted by Crippen LogP contribution is -1.84. The number of fused-ring (bicyclic) bond motifs is 2. The molecule has 0 aliphatic heterocycles. The molecule has 0 saturated carbocycles. The number of aryl methyl sites for hydroxylation is 2. The lowest BCUT2D eigenvalue weighted by Gasteiger charge is -2.03. The molecular formula is C20H19NOS. The second-order valence-electron chi connectivity index (χ2n) is 6.46. The van der Waals surface area contributed by atoms with E-state index in [0.29, 0.717) is 5.92 Å². The molecule has 0 aliphatic carbocycles. The number of furan rings is 1. The van der Waals surface area contributed by atoms with E-state index in [4.69, 9.17) is 9.40 Å². The van der Waals surface area contributed by atoms with Gasteiger partial charge in [0.05, 0.1) is 10.2 Å². The van der Waals surface area contributed by atoms with Crippen LogP contribution in [0.4, 0.5) is 0 Å². The van der Waals surface area contributed by atoms with Crippen molar-refractivity contribution in [2.75, 3.05) is 0 Å². The number of rotatable bonds is 2. The van der Waals surface area contributed by atoms with E-state index in [2.05, 4.69) is 64.1 Å². The van der Waals surface area contributed by atoms with Gasteiger partial charge in [0, 0.05) is 5.39 Å². The second-order valence-corrected chi connectivity index (χ2v) is 7.46. The largest absolute Gasteiger partial charge is 0.454 e. The highest BCUT2D eigenvalue weighted by Crippen LogP contribution is 2.36. The average molecular weight is 321 g/mol. The summed E-state index contributed by atoms with van der Waals surface area (Å²) in [6, 6.07) is 12.8. The summed E-state index contributed by atoms with van der Waals surface area (Å²) in [6.07, 6.45) is 0. The van der Waals surface area contributed by atoms with Crippen LogP contribution in [0.5, 0.6) is 0 Å². The van der Waals surface area contributed by atoms with E-state index >= 15 is 0 Å². The van der Waals surface area contributed by atoms with Crippen LogP contribution in [0.2, 0.25) is 0 Å². The SMILES string of the molecule is Cc1ccc(C)c2sc(-c3cc4cc(C(C)C)ccc4o3)nc12. The predicted molar refractivity (Wildman–Crippen MR) is 98.4 cm³/mol. The zero-order valence-electron chi connectivity index (χ0n) is 13.8. The first-order valence-electron chi connectivity index (χ1n) is 7.93. The Morgan fingerprint density at radius 2 is 1.78 bits per heavy atom. The lowest BCUT2D eigenvalue weighted by atomic mass is 10.0. The quantitative estimate of drug-likeness (QED) is 0.424. The van der Waals surface area contributed by atoms with E-state index in [-0.39, 0.29) is 0 Å². The van der Waals surface area contributed by atoms with Crippen LogP contribution in [-0.2, 0) is 0 Å². The van der Waals surface area contributed by atoms with E-state index in [0.717, 1.165) is 27.3 Å². The summed E-state index contributed by atoms with van der Waals surface area (Å²) in [5, 5.41) is 2.11. The number of hydrogen-bond donors (Lipinski definition) is 0. The van der Waals surface area contributed by atoms with E-state index in [9.17, 15) is 0 Å². The molecule has 23 heavy (non-hydrogen) atoms. The van der Waals surface area contributed by atoms with Crippen molar-refractivity contribution in [2.45, 2.75) is 33.6 Å². The van der Waals surface area contributed by atoms with Crippen LogP contribution in [0.15, 0.2) is 40.8 Å². The Balaban J connectivity index is 1.88. The lowest BCUT2D eigenvalue weighted by molar-refractivity contribution is 0.631. The molecule has 0 aliphatic rings. The first-order chi connectivity index (χ1) is 11.0. The predicted octanol–water partition coefficient (Wildman–Crippen LogP) is 6.45. The first kappa shape index (κ1) is 14.5. The van der Waals surface area contributed by atoms with Crippen molar-refractivity contribution < 1.29 is 4.42 Å². The fourth-order valence-electron chi connectivity index (χ4n) is 2.89. The summed E-state index contributed by atoms with van der Waals surface area (Å²) < 4.78 is 7.30. The van der Waals surface area contributed by atoms with Gasteiger partial charge in [-0.3, -0.25) is 0 Å². The molecule has 0 radical (unpaired) electrons. The van der Waals surface area contributed by atoms with E-state index < -0.39 is 0 Å². The Morgan fingerprint density at radius 1 is 1.00 bits per heavy atom. The molecule has 2 aromatic carbocycles. The van der Waals surface area contributed by atoms with Gasteiger partial charge in [0.15, 0.2) is 10.8 Å². The molecule has 0 N–H and O–H groups in total. The summed E-state index contributed by atoms with van der Waals surface area (Å²) >= 11 is 1.71. The highest BCUT2D eigenvalue weighted by atomic mass is 32.1. The van der Waals surface area contributed by atoms with Crippen LogP contribution in [0.1, 0.15) is 36.5 Å². The van der Waals surface area contributed by atoms with Crippen LogP contribution in [-0.4, -0.2) is 4.98 Å². The molecule has 2 nitrogen and oxygen atoms in total. The van der Waals surface area contributed by atoms with Crippen molar-refractivity contribution in [3.63, 3.8) is 0 Å². The Morgan fingerprint density at radius 3 is 2.52 bits per heavy atom. The number of hydrogen-bond acceptors (Lipinski definition) is 3. The minimum Gasteiger partial charge on any atom is -0.454 e. The van der Waals surface area contributed by atoms with Gasteiger partial charge in [-0.25, -0.2) is 4.98 Å². The summed E-state index contributed by atoms with van der Waals surface area (Å²) in [6.45, 7) is 8.67. The van der Waals surface area contributed by atoms with Crippen LogP contribution in [0, 0.1) is 13.8 Å². The van der Waals surface area contributed by atoms with Crippen LogP contribution < -0.4 is 0 Å². The molecule has 0 unspecified atom stereocenters. The topological polar surface area (TPSA) is 26.0 Å². The molecule has 0 fully saturated rings. The summed E-state index contributed by atoms with van der Waals surface area (Å²) in [5.74, 6) is 1.38. The van der Waals surface area contributed by atoms with Gasteiger partial charge in [-0.2, -0.15) is 0 Å². The Labute approximate surface area is 139 Å². The third-order valence-electron chi connectivity index (χ3n) is 4.36. The van der Waals surface area contributed by atoms with Crippen LogP contribution in [0.3, 0.4) is 0 Å². The molecule has 2 heterocycles. The maximum Gasteiger partial charge on any atom is 0.164 e. The Kier molecular flexibility index (Phi) is 3.27. The van der Waals surface area contributed by atoms with E-state index in [1.807, 2.05) is 0 Å². The molecule has 116 valence electrons. The molecule has 0 saturated heterocycles. The molecule has 0 atom stereocenters. The van der Waals surface area contributed by atoms with Crippen molar-refractivity contribution in [3.05, 3.63) is 53.1 Å². The van der Waals surface area contributed by atoms with Crippen molar-refractivity contribution in [1.82, 2.24) is 4.98 Å². The minimum absolute atomic E-state index is 0.519. The van der Waals surface area contributed by atoms with E-state index in [1.54, 1.807) is 11.3 Å². The third kappa shape index (κ3) is 2.36. The van der Waals surface area contributed by atoms with E-state index in [1.165, 1.54) is 21.4 Å². The fraction of sp³-hybridized carbons (Fsp3) is 0.250. The number of aromatic nitrogens is 1. The van der Waals surface area contributed by atoms with Gasteiger partial charge < -0.3 is 4.42 Å². The zero-order chi connectivity index (χ0) is 16.1. The minimum atomic E-state index is 0.519. The molecule has 3 heteroatoms. The fourth-order valence-corrected chi connectivity index (χ4v) is 3.95. The summed E-state index contributed by atoms with van der Waals surface area (Å²) in [5.41, 5.74) is 5.84. The van der Waals surface area contributed by atoms with Gasteiger partial charge in [-0.15, -0.1) is 11.3 Å². The van der Waals surface area contributed by atoms with Gasteiger partial charge in [0.1, 0.15) is 5.58 Å². The number of benzene rings is 2. The molecule has 2 aromatic heterocycles. The highest BCUT2D eigenvalue weighted by molar-refractivity contribution is 7.21. The van der Waals surface area contributed by atoms with Crippen LogP contribution in [0.25, 0.3) is 32.0 Å². The maximum absolute atomic E-state index is 6.05. The zero-order valence-corrected chi connectivity index (χ0v) is 14.6. The molecule has 0 spiro atoms. The van der Waals surface area contributed by atoms with Gasteiger partial charge in [0.2, 0.25) is 0 Å². The van der Waals surface area contributed by atoms with Crippen molar-refractivity contribution >= 4 is 32.5 Å². The third-order valence-corrected chi connectivity index (χ3v) is 5.57. The van der Waals surface area contributed by atoms with Crippen molar-refractivity contribution in [2.24, 2.45) is 0 Å². The molecule has 4 rings (SSSR count). The van der Waals surface area contributed by atoms with Gasteiger partial charge in [-0.1, -0.05) is 32.0 Å². The molecule has 0 amide bonds. The summed E-state index contributed by atoms with van der Waals surface area (Å²) in [4.78, 5) is 4.82. The van der Waals surface area contributed by atoms with Gasteiger partial charge in [-0.05, 0) is 54.7 Å². The highest BCUT2D eigenvalue weighted by Gasteiger charge is 2.14. The maximum atomic E-state index is 6.05. The Hall–Kier alpha value is -2.13.